The van der Waals surface area contributed by atoms with Gasteiger partial charge in [-0.05, 0) is 42.0 Å². The second-order valence-electron chi connectivity index (χ2n) is 6.91. The minimum atomic E-state index is -3.45. The molecule has 3 aromatic carbocycles. The van der Waals surface area contributed by atoms with Crippen LogP contribution in [0, 0.1) is 6.92 Å². The Bertz CT molecular complexity index is 1310. The van der Waals surface area contributed by atoms with Crippen molar-refractivity contribution in [1.82, 2.24) is 10.1 Å². The van der Waals surface area contributed by atoms with E-state index in [1.807, 2.05) is 6.07 Å². The molecule has 8 heteroatoms. The molecule has 0 fully saturated rings. The second kappa shape index (κ2) is 8.53. The van der Waals surface area contributed by atoms with Crippen molar-refractivity contribution in [1.29, 1.82) is 0 Å². The van der Waals surface area contributed by atoms with Gasteiger partial charge >= 0.3 is 0 Å². The Kier molecular flexibility index (Phi) is 5.64. The summed E-state index contributed by atoms with van der Waals surface area (Å²) in [5, 5.41) is 6.75. The van der Waals surface area contributed by atoms with Gasteiger partial charge in [0.1, 0.15) is 0 Å². The number of benzene rings is 3. The zero-order chi connectivity index (χ0) is 21.8. The van der Waals surface area contributed by atoms with Crippen molar-refractivity contribution in [3.63, 3.8) is 0 Å². The number of sulfone groups is 1. The maximum Gasteiger partial charge on any atom is 0.255 e. The molecule has 0 bridgehead atoms. The molecule has 0 saturated carbocycles. The summed E-state index contributed by atoms with van der Waals surface area (Å²) in [6, 6.07) is 21.9. The van der Waals surface area contributed by atoms with Crippen molar-refractivity contribution in [2.75, 3.05) is 5.32 Å². The highest BCUT2D eigenvalue weighted by atomic mass is 32.2. The van der Waals surface area contributed by atoms with Crippen molar-refractivity contribution < 1.29 is 17.7 Å². The molecular weight excluding hydrogens is 414 g/mol. The van der Waals surface area contributed by atoms with Gasteiger partial charge in [-0.25, -0.2) is 8.42 Å². The smallest absolute Gasteiger partial charge is 0.255 e. The first kappa shape index (κ1) is 20.5. The third-order valence-corrected chi connectivity index (χ3v) is 6.32. The largest absolute Gasteiger partial charge is 0.339 e. The van der Waals surface area contributed by atoms with Crippen LogP contribution in [-0.2, 0) is 15.6 Å². The van der Waals surface area contributed by atoms with Crippen molar-refractivity contribution in [3.05, 3.63) is 95.9 Å². The Morgan fingerprint density at radius 1 is 0.935 bits per heavy atom. The SMILES string of the molecule is Cc1nc(-c2ccccc2NC(=O)c2ccc(CS(=O)(=O)c3ccccc3)cc2)no1. The molecule has 31 heavy (non-hydrogen) atoms. The van der Waals surface area contributed by atoms with E-state index in [-0.39, 0.29) is 16.6 Å². The predicted octanol–water partition coefficient (Wildman–Crippen LogP) is 4.27. The summed E-state index contributed by atoms with van der Waals surface area (Å²) in [5.74, 6) is 0.344. The summed E-state index contributed by atoms with van der Waals surface area (Å²) in [6.45, 7) is 1.69. The van der Waals surface area contributed by atoms with E-state index in [0.717, 1.165) is 0 Å². The molecular formula is C23H19N3O4S. The summed E-state index contributed by atoms with van der Waals surface area (Å²) in [7, 11) is -3.45. The first-order chi connectivity index (χ1) is 14.9. The summed E-state index contributed by atoms with van der Waals surface area (Å²) in [4.78, 5) is 17.2. The summed E-state index contributed by atoms with van der Waals surface area (Å²) in [6.07, 6.45) is 0. The Morgan fingerprint density at radius 3 is 2.29 bits per heavy atom. The average Bonchev–Trinajstić information content (AvgIpc) is 3.21. The molecule has 0 unspecified atom stereocenters. The maximum absolute atomic E-state index is 12.7. The monoisotopic (exact) mass is 433 g/mol. The van der Waals surface area contributed by atoms with Crippen molar-refractivity contribution in [3.8, 4) is 11.4 Å². The van der Waals surface area contributed by atoms with E-state index in [2.05, 4.69) is 15.5 Å². The van der Waals surface area contributed by atoms with Crippen LogP contribution in [0.5, 0.6) is 0 Å². The standard InChI is InChI=1S/C23H19N3O4S/c1-16-24-22(26-30-16)20-9-5-6-10-21(20)25-23(27)18-13-11-17(12-14-18)15-31(28,29)19-7-3-2-4-8-19/h2-14H,15H2,1H3,(H,25,27). The molecule has 0 aliphatic heterocycles. The Morgan fingerprint density at radius 2 is 1.61 bits per heavy atom. The third kappa shape index (κ3) is 4.70. The van der Waals surface area contributed by atoms with E-state index >= 15 is 0 Å². The lowest BCUT2D eigenvalue weighted by atomic mass is 10.1. The van der Waals surface area contributed by atoms with Crippen LogP contribution < -0.4 is 5.32 Å². The lowest BCUT2D eigenvalue weighted by Crippen LogP contribution is -2.13. The minimum absolute atomic E-state index is 0.140. The number of amides is 1. The van der Waals surface area contributed by atoms with Crippen LogP contribution >= 0.6 is 0 Å². The van der Waals surface area contributed by atoms with Gasteiger partial charge in [0, 0.05) is 18.1 Å². The summed E-state index contributed by atoms with van der Waals surface area (Å²) < 4.78 is 30.1. The van der Waals surface area contributed by atoms with Crippen LogP contribution in [0.25, 0.3) is 11.4 Å². The highest BCUT2D eigenvalue weighted by Crippen LogP contribution is 2.26. The first-order valence-electron chi connectivity index (χ1n) is 9.50. The number of hydrogen-bond acceptors (Lipinski definition) is 6. The fourth-order valence-electron chi connectivity index (χ4n) is 3.07. The van der Waals surface area contributed by atoms with Crippen LogP contribution in [0.15, 0.2) is 88.3 Å². The molecule has 0 radical (unpaired) electrons. The number of nitrogens with one attached hydrogen (secondary N) is 1. The normalized spacial score (nSPS) is 11.3. The Hall–Kier alpha value is -3.78. The zero-order valence-corrected chi connectivity index (χ0v) is 17.5. The molecule has 1 heterocycles. The number of anilines is 1. The molecule has 156 valence electrons. The van der Waals surface area contributed by atoms with Gasteiger partial charge in [-0.1, -0.05) is 47.6 Å². The fourth-order valence-corrected chi connectivity index (χ4v) is 4.44. The number of carbonyl (C=O) groups is 1. The van der Waals surface area contributed by atoms with Gasteiger partial charge in [0.05, 0.1) is 16.3 Å². The van der Waals surface area contributed by atoms with Crippen LogP contribution in [0.4, 0.5) is 5.69 Å². The van der Waals surface area contributed by atoms with E-state index in [1.165, 1.54) is 0 Å². The number of carbonyl (C=O) groups excluding carboxylic acids is 1. The third-order valence-electron chi connectivity index (χ3n) is 4.62. The van der Waals surface area contributed by atoms with Crippen molar-refractivity contribution in [2.24, 2.45) is 0 Å². The molecule has 4 aromatic rings. The highest BCUT2D eigenvalue weighted by Gasteiger charge is 2.16. The maximum atomic E-state index is 12.7. The number of aromatic nitrogens is 2. The number of para-hydroxylation sites is 1. The van der Waals surface area contributed by atoms with Gasteiger partial charge in [0.2, 0.25) is 11.7 Å². The molecule has 7 nitrogen and oxygen atoms in total. The number of rotatable bonds is 6. The molecule has 1 N–H and O–H groups in total. The van der Waals surface area contributed by atoms with E-state index in [1.54, 1.807) is 79.7 Å². The first-order valence-corrected chi connectivity index (χ1v) is 11.2. The van der Waals surface area contributed by atoms with E-state index < -0.39 is 9.84 Å². The zero-order valence-electron chi connectivity index (χ0n) is 16.6. The molecule has 4 rings (SSSR count). The van der Waals surface area contributed by atoms with Gasteiger partial charge in [0.25, 0.3) is 5.91 Å². The fraction of sp³-hybridized carbons (Fsp3) is 0.0870. The van der Waals surface area contributed by atoms with Gasteiger partial charge < -0.3 is 9.84 Å². The van der Waals surface area contributed by atoms with Crippen LogP contribution in [0.2, 0.25) is 0 Å². The minimum Gasteiger partial charge on any atom is -0.339 e. The lowest BCUT2D eigenvalue weighted by molar-refractivity contribution is 0.102. The highest BCUT2D eigenvalue weighted by molar-refractivity contribution is 7.90. The predicted molar refractivity (Wildman–Crippen MR) is 116 cm³/mol. The number of aryl methyl sites for hydroxylation is 1. The van der Waals surface area contributed by atoms with Gasteiger partial charge in [0.15, 0.2) is 9.84 Å². The lowest BCUT2D eigenvalue weighted by Gasteiger charge is -2.09. The molecule has 0 aliphatic carbocycles. The van der Waals surface area contributed by atoms with Gasteiger partial charge in [-0.2, -0.15) is 4.98 Å². The Labute approximate surface area is 179 Å². The summed E-state index contributed by atoms with van der Waals surface area (Å²) in [5.41, 5.74) is 2.19. The Balaban J connectivity index is 1.50. The number of hydrogen-bond donors (Lipinski definition) is 1. The molecule has 0 aliphatic rings. The summed E-state index contributed by atoms with van der Waals surface area (Å²) >= 11 is 0. The molecule has 0 saturated heterocycles. The molecule has 0 spiro atoms. The average molecular weight is 433 g/mol. The van der Waals surface area contributed by atoms with E-state index in [9.17, 15) is 13.2 Å². The molecule has 0 atom stereocenters. The van der Waals surface area contributed by atoms with Gasteiger partial charge in [-0.15, -0.1) is 0 Å². The van der Waals surface area contributed by atoms with Crippen molar-refractivity contribution in [2.45, 2.75) is 17.6 Å². The molecule has 1 aromatic heterocycles. The number of nitrogens with zero attached hydrogens (tertiary/aromatic N) is 2. The second-order valence-corrected chi connectivity index (χ2v) is 8.90. The van der Waals surface area contributed by atoms with Crippen molar-refractivity contribution >= 4 is 21.4 Å². The topological polar surface area (TPSA) is 102 Å². The van der Waals surface area contributed by atoms with E-state index in [4.69, 9.17) is 4.52 Å². The van der Waals surface area contributed by atoms with Crippen LogP contribution in [-0.4, -0.2) is 24.5 Å². The van der Waals surface area contributed by atoms with Crippen LogP contribution in [0.1, 0.15) is 21.8 Å². The molecule has 1 amide bonds. The van der Waals surface area contributed by atoms with Crippen LogP contribution in [0.3, 0.4) is 0 Å². The quantitative estimate of drug-likeness (QED) is 0.487. The van der Waals surface area contributed by atoms with Gasteiger partial charge in [-0.3, -0.25) is 4.79 Å². The van der Waals surface area contributed by atoms with E-state index in [0.29, 0.717) is 34.1 Å².